The van der Waals surface area contributed by atoms with Crippen LogP contribution in [-0.2, 0) is 15.7 Å². The third-order valence-corrected chi connectivity index (χ3v) is 5.84. The van der Waals surface area contributed by atoms with Crippen molar-refractivity contribution in [1.29, 1.82) is 0 Å². The Balaban J connectivity index is 1.83. The normalized spacial score (nSPS) is 12.5. The number of alkyl halides is 3. The number of carbonyl (C=O) groups is 1. The van der Waals surface area contributed by atoms with Crippen LogP contribution in [0.5, 0.6) is 11.5 Å². The summed E-state index contributed by atoms with van der Waals surface area (Å²) in [6.07, 6.45) is -5.09. The highest BCUT2D eigenvalue weighted by Crippen LogP contribution is 2.41. The molecule has 1 heterocycles. The topological polar surface area (TPSA) is 96.6 Å². The molecule has 7 nitrogen and oxygen atoms in total. The first-order valence-corrected chi connectivity index (χ1v) is 11.8. The molecule has 2 aromatic carbocycles. The van der Waals surface area contributed by atoms with Crippen molar-refractivity contribution in [3.05, 3.63) is 46.7 Å². The first-order chi connectivity index (χ1) is 16.8. The number of ether oxygens (including phenoxy) is 3. The Bertz CT molecular complexity index is 1240. The summed E-state index contributed by atoms with van der Waals surface area (Å²) < 4.78 is 70.8. The summed E-state index contributed by atoms with van der Waals surface area (Å²) in [6.45, 7) is 4.25. The van der Waals surface area contributed by atoms with Crippen molar-refractivity contribution in [3.63, 3.8) is 0 Å². The van der Waals surface area contributed by atoms with E-state index in [1.165, 1.54) is 25.1 Å². The Kier molecular flexibility index (Phi) is 8.75. The molecule has 13 heteroatoms. The highest BCUT2D eigenvalue weighted by Gasteiger charge is 2.35. The maximum Gasteiger partial charge on any atom is 0.419 e. The second-order valence-electron chi connectivity index (χ2n) is 7.92. The van der Waals surface area contributed by atoms with Gasteiger partial charge in [0.1, 0.15) is 29.0 Å². The Morgan fingerprint density at radius 2 is 1.81 bits per heavy atom. The van der Waals surface area contributed by atoms with Gasteiger partial charge in [-0.1, -0.05) is 22.9 Å². The number of nitrogens with zero attached hydrogens (tertiary/aromatic N) is 2. The molecule has 36 heavy (non-hydrogen) atoms. The number of carbonyl (C=O) groups excluding carboxylic acids is 1. The SMILES string of the molecule is CC(=O)OC[C@H](N)COc1cc(Cl)c(-c2nnc(-c3ccc(OC(C)C)c(C(F)(F)F)c3)s2)cc1F. The third-order valence-electron chi connectivity index (χ3n) is 4.53. The molecule has 0 radical (unpaired) electrons. The van der Waals surface area contributed by atoms with E-state index < -0.39 is 35.7 Å². The maximum atomic E-state index is 14.7. The molecule has 0 fully saturated rings. The Hall–Kier alpha value is -2.96. The number of hydrogen-bond donors (Lipinski definition) is 1. The fourth-order valence-electron chi connectivity index (χ4n) is 2.96. The van der Waals surface area contributed by atoms with E-state index in [1.54, 1.807) is 13.8 Å². The molecule has 0 amide bonds. The van der Waals surface area contributed by atoms with Crippen LogP contribution in [0, 0.1) is 5.82 Å². The van der Waals surface area contributed by atoms with Gasteiger partial charge in [0, 0.05) is 24.1 Å². The zero-order valence-electron chi connectivity index (χ0n) is 19.4. The average molecular weight is 548 g/mol. The average Bonchev–Trinajstić information content (AvgIpc) is 3.27. The Morgan fingerprint density at radius 3 is 2.44 bits per heavy atom. The number of benzene rings is 2. The molecular weight excluding hydrogens is 526 g/mol. The molecule has 0 aliphatic rings. The lowest BCUT2D eigenvalue weighted by atomic mass is 10.1. The monoisotopic (exact) mass is 547 g/mol. The molecule has 1 aromatic heterocycles. The zero-order chi connectivity index (χ0) is 26.6. The molecule has 0 aliphatic carbocycles. The van der Waals surface area contributed by atoms with Gasteiger partial charge in [-0.25, -0.2) is 4.39 Å². The molecule has 0 spiro atoms. The lowest BCUT2D eigenvalue weighted by molar-refractivity contribution is -0.141. The van der Waals surface area contributed by atoms with Crippen molar-refractivity contribution in [2.24, 2.45) is 5.73 Å². The highest BCUT2D eigenvalue weighted by atomic mass is 35.5. The van der Waals surface area contributed by atoms with Crippen LogP contribution in [0.3, 0.4) is 0 Å². The van der Waals surface area contributed by atoms with E-state index in [4.69, 9.17) is 31.5 Å². The van der Waals surface area contributed by atoms with Crippen LogP contribution in [-0.4, -0.2) is 41.5 Å². The number of nitrogens with two attached hydrogens (primary N) is 1. The van der Waals surface area contributed by atoms with E-state index in [0.717, 1.165) is 23.5 Å². The van der Waals surface area contributed by atoms with Crippen LogP contribution >= 0.6 is 22.9 Å². The van der Waals surface area contributed by atoms with Crippen molar-refractivity contribution in [2.75, 3.05) is 13.2 Å². The first kappa shape index (κ1) is 27.6. The molecule has 1 atom stereocenters. The standard InChI is InChI=1S/C23H22ClF4N3O4S/c1-11(2)35-19-5-4-13(6-16(19)23(26,27)28)21-30-31-22(36-21)15-7-18(25)20(8-17(15)24)34-10-14(29)9-33-12(3)32/h4-8,11,14H,9-10,29H2,1-3H3/t14-/m0/s1. The molecule has 194 valence electrons. The minimum Gasteiger partial charge on any atom is -0.490 e. The predicted octanol–water partition coefficient (Wildman–Crippen LogP) is 5.74. The number of rotatable bonds is 9. The van der Waals surface area contributed by atoms with Gasteiger partial charge in [0.15, 0.2) is 11.6 Å². The van der Waals surface area contributed by atoms with Crippen molar-refractivity contribution in [3.8, 4) is 32.6 Å². The van der Waals surface area contributed by atoms with E-state index in [-0.39, 0.29) is 50.9 Å². The van der Waals surface area contributed by atoms with Gasteiger partial charge in [0.05, 0.1) is 22.7 Å². The summed E-state index contributed by atoms with van der Waals surface area (Å²) in [5.41, 5.74) is 5.17. The van der Waals surface area contributed by atoms with E-state index in [9.17, 15) is 22.4 Å². The fourth-order valence-corrected chi connectivity index (χ4v) is 4.13. The van der Waals surface area contributed by atoms with E-state index in [0.29, 0.717) is 0 Å². The van der Waals surface area contributed by atoms with Crippen molar-refractivity contribution in [2.45, 2.75) is 39.1 Å². The number of aromatic nitrogens is 2. The van der Waals surface area contributed by atoms with Gasteiger partial charge in [0.25, 0.3) is 0 Å². The zero-order valence-corrected chi connectivity index (χ0v) is 20.9. The number of hydrogen-bond acceptors (Lipinski definition) is 8. The minimum absolute atomic E-state index is 0.0827. The molecule has 0 saturated heterocycles. The van der Waals surface area contributed by atoms with Crippen LogP contribution < -0.4 is 15.2 Å². The van der Waals surface area contributed by atoms with Gasteiger partial charge in [0.2, 0.25) is 0 Å². The lowest BCUT2D eigenvalue weighted by Crippen LogP contribution is -2.33. The molecule has 0 saturated carbocycles. The largest absolute Gasteiger partial charge is 0.490 e. The van der Waals surface area contributed by atoms with Gasteiger partial charge in [-0.3, -0.25) is 4.79 Å². The Labute approximate surface area is 213 Å². The second kappa shape index (κ2) is 11.4. The number of esters is 1. The van der Waals surface area contributed by atoms with Crippen molar-refractivity contribution >= 4 is 28.9 Å². The molecule has 0 bridgehead atoms. The summed E-state index contributed by atoms with van der Waals surface area (Å²) in [4.78, 5) is 10.8. The van der Waals surface area contributed by atoms with E-state index >= 15 is 0 Å². The van der Waals surface area contributed by atoms with Gasteiger partial charge in [-0.2, -0.15) is 13.2 Å². The van der Waals surface area contributed by atoms with Crippen LogP contribution in [0.25, 0.3) is 21.1 Å². The van der Waals surface area contributed by atoms with Crippen molar-refractivity contribution in [1.82, 2.24) is 10.2 Å². The van der Waals surface area contributed by atoms with Crippen molar-refractivity contribution < 1.29 is 36.6 Å². The third kappa shape index (κ3) is 7.05. The van der Waals surface area contributed by atoms with Gasteiger partial charge in [-0.15, -0.1) is 10.2 Å². The first-order valence-electron chi connectivity index (χ1n) is 10.6. The van der Waals surface area contributed by atoms with E-state index in [1.807, 2.05) is 0 Å². The van der Waals surface area contributed by atoms with Gasteiger partial charge < -0.3 is 19.9 Å². The summed E-state index contributed by atoms with van der Waals surface area (Å²) in [5.74, 6) is -1.74. The highest BCUT2D eigenvalue weighted by molar-refractivity contribution is 7.18. The molecule has 0 aliphatic heterocycles. The van der Waals surface area contributed by atoms with Crippen LogP contribution in [0.1, 0.15) is 26.3 Å². The van der Waals surface area contributed by atoms with E-state index in [2.05, 4.69) is 10.2 Å². The summed E-state index contributed by atoms with van der Waals surface area (Å²) in [5, 5.41) is 8.38. The van der Waals surface area contributed by atoms with Crippen LogP contribution in [0.4, 0.5) is 17.6 Å². The molecular formula is C23H22ClF4N3O4S. The van der Waals surface area contributed by atoms with Crippen LogP contribution in [0.2, 0.25) is 5.02 Å². The van der Waals surface area contributed by atoms with Gasteiger partial charge >= 0.3 is 12.1 Å². The smallest absolute Gasteiger partial charge is 0.419 e. The van der Waals surface area contributed by atoms with Crippen LogP contribution in [0.15, 0.2) is 30.3 Å². The second-order valence-corrected chi connectivity index (χ2v) is 9.31. The predicted molar refractivity (Wildman–Crippen MR) is 127 cm³/mol. The summed E-state index contributed by atoms with van der Waals surface area (Å²) in [6, 6.07) is 5.22. The minimum atomic E-state index is -4.64. The molecule has 0 unspecified atom stereocenters. The molecule has 3 aromatic rings. The molecule has 2 N–H and O–H groups in total. The maximum absolute atomic E-state index is 14.7. The molecule has 3 rings (SSSR count). The number of halogens is 5. The summed E-state index contributed by atoms with van der Waals surface area (Å²) in [7, 11) is 0. The fraction of sp³-hybridized carbons (Fsp3) is 0.348. The Morgan fingerprint density at radius 1 is 1.11 bits per heavy atom. The van der Waals surface area contributed by atoms with Gasteiger partial charge in [-0.05, 0) is 38.1 Å². The lowest BCUT2D eigenvalue weighted by Gasteiger charge is -2.16. The quantitative estimate of drug-likeness (QED) is 0.269. The summed E-state index contributed by atoms with van der Waals surface area (Å²) >= 11 is 7.23.